The molecule has 0 bridgehead atoms. The molecule has 1 aliphatic rings. The van der Waals surface area contributed by atoms with E-state index in [-0.39, 0.29) is 0 Å². The van der Waals surface area contributed by atoms with Gasteiger partial charge in [0.25, 0.3) is 0 Å². The van der Waals surface area contributed by atoms with Crippen LogP contribution in [0.3, 0.4) is 0 Å². The lowest BCUT2D eigenvalue weighted by atomic mass is 9.91. The van der Waals surface area contributed by atoms with Gasteiger partial charge in [-0.05, 0) is 43.4 Å². The predicted octanol–water partition coefficient (Wildman–Crippen LogP) is 2.54. The molecule has 18 heavy (non-hydrogen) atoms. The third-order valence-electron chi connectivity index (χ3n) is 4.06. The Hall–Kier alpha value is -1.06. The van der Waals surface area contributed by atoms with E-state index in [1.54, 1.807) is 0 Å². The SMILES string of the molecule is COC1CCCC(N(C)c2ccc(CN)cc2)C1. The van der Waals surface area contributed by atoms with Crippen molar-refractivity contribution in [3.63, 3.8) is 0 Å². The second kappa shape index (κ2) is 6.21. The number of rotatable bonds is 4. The molecule has 2 unspecified atom stereocenters. The summed E-state index contributed by atoms with van der Waals surface area (Å²) in [5, 5.41) is 0. The van der Waals surface area contributed by atoms with Gasteiger partial charge in [0.1, 0.15) is 0 Å². The molecule has 2 rings (SSSR count). The minimum atomic E-state index is 0.425. The zero-order valence-electron chi connectivity index (χ0n) is 11.4. The fourth-order valence-corrected chi connectivity index (χ4v) is 2.76. The summed E-state index contributed by atoms with van der Waals surface area (Å²) in [4.78, 5) is 2.38. The summed E-state index contributed by atoms with van der Waals surface area (Å²) in [7, 11) is 4.00. The van der Waals surface area contributed by atoms with E-state index in [4.69, 9.17) is 10.5 Å². The molecule has 1 aromatic rings. The third kappa shape index (κ3) is 3.03. The topological polar surface area (TPSA) is 38.5 Å². The van der Waals surface area contributed by atoms with Crippen LogP contribution in [0.15, 0.2) is 24.3 Å². The molecule has 0 spiro atoms. The maximum absolute atomic E-state index is 5.62. The van der Waals surface area contributed by atoms with Crippen molar-refractivity contribution in [1.29, 1.82) is 0 Å². The minimum Gasteiger partial charge on any atom is -0.381 e. The van der Waals surface area contributed by atoms with Crippen molar-refractivity contribution in [2.45, 2.75) is 44.4 Å². The maximum Gasteiger partial charge on any atom is 0.0591 e. The Bertz CT molecular complexity index is 363. The molecule has 1 saturated carbocycles. The molecule has 0 radical (unpaired) electrons. The molecule has 0 aromatic heterocycles. The van der Waals surface area contributed by atoms with Gasteiger partial charge in [-0.25, -0.2) is 0 Å². The summed E-state index contributed by atoms with van der Waals surface area (Å²) >= 11 is 0. The van der Waals surface area contributed by atoms with Gasteiger partial charge >= 0.3 is 0 Å². The number of hydrogen-bond acceptors (Lipinski definition) is 3. The van der Waals surface area contributed by atoms with E-state index >= 15 is 0 Å². The Kier molecular flexibility index (Phi) is 4.61. The molecule has 0 saturated heterocycles. The van der Waals surface area contributed by atoms with Crippen molar-refractivity contribution < 1.29 is 4.74 Å². The average molecular weight is 248 g/mol. The first-order valence-electron chi connectivity index (χ1n) is 6.79. The lowest BCUT2D eigenvalue weighted by Gasteiger charge is -2.36. The van der Waals surface area contributed by atoms with E-state index in [1.807, 2.05) is 7.11 Å². The Morgan fingerprint density at radius 1 is 1.28 bits per heavy atom. The summed E-state index contributed by atoms with van der Waals surface area (Å²) < 4.78 is 5.50. The summed E-state index contributed by atoms with van der Waals surface area (Å²) in [6, 6.07) is 9.15. The van der Waals surface area contributed by atoms with Gasteiger partial charge in [0.05, 0.1) is 6.10 Å². The number of hydrogen-bond donors (Lipinski definition) is 1. The van der Waals surface area contributed by atoms with Gasteiger partial charge < -0.3 is 15.4 Å². The van der Waals surface area contributed by atoms with E-state index in [0.717, 1.165) is 6.42 Å². The van der Waals surface area contributed by atoms with Crippen molar-refractivity contribution in [1.82, 2.24) is 0 Å². The van der Waals surface area contributed by atoms with E-state index in [0.29, 0.717) is 18.7 Å². The van der Waals surface area contributed by atoms with E-state index < -0.39 is 0 Å². The minimum absolute atomic E-state index is 0.425. The van der Waals surface area contributed by atoms with Gasteiger partial charge in [0.2, 0.25) is 0 Å². The molecule has 0 amide bonds. The average Bonchev–Trinajstić information content (AvgIpc) is 2.46. The van der Waals surface area contributed by atoms with E-state index in [2.05, 4.69) is 36.2 Å². The summed E-state index contributed by atoms with van der Waals surface area (Å²) in [6.45, 7) is 0.610. The van der Waals surface area contributed by atoms with Crippen molar-refractivity contribution in [3.8, 4) is 0 Å². The van der Waals surface area contributed by atoms with E-state index in [1.165, 1.54) is 30.5 Å². The first kappa shape index (κ1) is 13.4. The van der Waals surface area contributed by atoms with Gasteiger partial charge in [-0.15, -0.1) is 0 Å². The number of methoxy groups -OCH3 is 1. The normalized spacial score (nSPS) is 23.9. The van der Waals surface area contributed by atoms with Crippen molar-refractivity contribution in [3.05, 3.63) is 29.8 Å². The molecule has 1 aliphatic carbocycles. The molecular weight excluding hydrogens is 224 g/mol. The Morgan fingerprint density at radius 3 is 2.61 bits per heavy atom. The number of nitrogens with zero attached hydrogens (tertiary/aromatic N) is 1. The van der Waals surface area contributed by atoms with Crippen molar-refractivity contribution in [2.75, 3.05) is 19.1 Å². The van der Waals surface area contributed by atoms with Gasteiger partial charge in [0.15, 0.2) is 0 Å². The molecule has 3 heteroatoms. The molecular formula is C15H24N2O. The van der Waals surface area contributed by atoms with E-state index in [9.17, 15) is 0 Å². The van der Waals surface area contributed by atoms with Gasteiger partial charge in [0, 0.05) is 32.4 Å². The van der Waals surface area contributed by atoms with Crippen LogP contribution in [0.1, 0.15) is 31.2 Å². The Morgan fingerprint density at radius 2 is 2.00 bits per heavy atom. The van der Waals surface area contributed by atoms with Crippen LogP contribution >= 0.6 is 0 Å². The molecule has 0 heterocycles. The highest BCUT2D eigenvalue weighted by Crippen LogP contribution is 2.27. The lowest BCUT2D eigenvalue weighted by Crippen LogP contribution is -2.38. The highest BCUT2D eigenvalue weighted by atomic mass is 16.5. The van der Waals surface area contributed by atoms with Crippen LogP contribution in [0, 0.1) is 0 Å². The molecule has 3 nitrogen and oxygen atoms in total. The highest BCUT2D eigenvalue weighted by molar-refractivity contribution is 5.48. The smallest absolute Gasteiger partial charge is 0.0591 e. The second-order valence-corrected chi connectivity index (χ2v) is 5.16. The summed E-state index contributed by atoms with van der Waals surface area (Å²) in [5.41, 5.74) is 8.08. The standard InChI is InChI=1S/C15H24N2O/c1-17(13-8-6-12(11-16)7-9-13)14-4-3-5-15(10-14)18-2/h6-9,14-15H,3-5,10-11,16H2,1-2H3. The Labute approximate surface area is 110 Å². The maximum atomic E-state index is 5.62. The number of ether oxygens (including phenoxy) is 1. The van der Waals surface area contributed by atoms with Crippen LogP contribution in [-0.2, 0) is 11.3 Å². The largest absolute Gasteiger partial charge is 0.381 e. The molecule has 2 N–H and O–H groups in total. The molecule has 100 valence electrons. The molecule has 0 aliphatic heterocycles. The zero-order valence-corrected chi connectivity index (χ0v) is 11.4. The predicted molar refractivity (Wildman–Crippen MR) is 75.8 cm³/mol. The first-order chi connectivity index (χ1) is 8.74. The third-order valence-corrected chi connectivity index (χ3v) is 4.06. The van der Waals surface area contributed by atoms with Crippen LogP contribution in [0.4, 0.5) is 5.69 Å². The monoisotopic (exact) mass is 248 g/mol. The van der Waals surface area contributed by atoms with Crippen LogP contribution in [0.5, 0.6) is 0 Å². The highest BCUT2D eigenvalue weighted by Gasteiger charge is 2.24. The van der Waals surface area contributed by atoms with Crippen LogP contribution in [-0.4, -0.2) is 26.3 Å². The van der Waals surface area contributed by atoms with Crippen molar-refractivity contribution >= 4 is 5.69 Å². The summed E-state index contributed by atoms with van der Waals surface area (Å²) in [5.74, 6) is 0. The number of benzene rings is 1. The lowest BCUT2D eigenvalue weighted by molar-refractivity contribution is 0.0637. The van der Waals surface area contributed by atoms with Gasteiger partial charge in [-0.3, -0.25) is 0 Å². The van der Waals surface area contributed by atoms with Crippen LogP contribution in [0.2, 0.25) is 0 Å². The molecule has 2 atom stereocenters. The van der Waals surface area contributed by atoms with Gasteiger partial charge in [-0.1, -0.05) is 12.1 Å². The van der Waals surface area contributed by atoms with Crippen molar-refractivity contribution in [2.24, 2.45) is 5.73 Å². The van der Waals surface area contributed by atoms with Gasteiger partial charge in [-0.2, -0.15) is 0 Å². The molecule has 1 fully saturated rings. The molecule has 1 aromatic carbocycles. The summed E-state index contributed by atoms with van der Waals surface area (Å²) in [6.07, 6.45) is 5.27. The first-order valence-corrected chi connectivity index (χ1v) is 6.79. The second-order valence-electron chi connectivity index (χ2n) is 5.16. The fourth-order valence-electron chi connectivity index (χ4n) is 2.76. The number of anilines is 1. The Balaban J connectivity index is 2.02. The fraction of sp³-hybridized carbons (Fsp3) is 0.600. The zero-order chi connectivity index (χ0) is 13.0. The quantitative estimate of drug-likeness (QED) is 0.890. The number of nitrogens with two attached hydrogens (primary N) is 1. The van der Waals surface area contributed by atoms with Crippen LogP contribution < -0.4 is 10.6 Å². The van der Waals surface area contributed by atoms with Crippen LogP contribution in [0.25, 0.3) is 0 Å².